The van der Waals surface area contributed by atoms with Gasteiger partial charge in [0.15, 0.2) is 0 Å². The molecule has 11 heavy (non-hydrogen) atoms. The Hall–Kier alpha value is -1.38. The molecular formula is C8H11N3. The first-order valence-corrected chi connectivity index (χ1v) is 3.46. The van der Waals surface area contributed by atoms with Gasteiger partial charge in [-0.05, 0) is 26.0 Å². The van der Waals surface area contributed by atoms with E-state index in [1.165, 1.54) is 0 Å². The maximum absolute atomic E-state index is 5.46. The van der Waals surface area contributed by atoms with Gasteiger partial charge in [0.2, 0.25) is 0 Å². The van der Waals surface area contributed by atoms with Crippen LogP contribution in [0.15, 0.2) is 17.1 Å². The maximum atomic E-state index is 5.46. The molecule has 0 fully saturated rings. The van der Waals surface area contributed by atoms with Gasteiger partial charge in [-0.25, -0.2) is 4.98 Å². The Morgan fingerprint density at radius 2 is 2.27 bits per heavy atom. The number of rotatable bonds is 1. The molecule has 1 aromatic rings. The third-order valence-corrected chi connectivity index (χ3v) is 1.35. The zero-order valence-corrected chi connectivity index (χ0v) is 6.70. The van der Waals surface area contributed by atoms with Crippen LogP contribution in [0.2, 0.25) is 0 Å². The van der Waals surface area contributed by atoms with E-state index in [1.54, 1.807) is 12.3 Å². The minimum atomic E-state index is 0.539. The lowest BCUT2D eigenvalue weighted by Crippen LogP contribution is -1.91. The highest BCUT2D eigenvalue weighted by molar-refractivity contribution is 5.62. The normalized spacial score (nSPS) is 10.7. The van der Waals surface area contributed by atoms with Gasteiger partial charge in [-0.3, -0.25) is 4.99 Å². The highest BCUT2D eigenvalue weighted by atomic mass is 14.9. The van der Waals surface area contributed by atoms with Gasteiger partial charge in [0.05, 0.1) is 11.4 Å². The Morgan fingerprint density at radius 3 is 2.82 bits per heavy atom. The number of hydrogen-bond donors (Lipinski definition) is 1. The largest absolute Gasteiger partial charge is 0.384 e. The van der Waals surface area contributed by atoms with Crippen LogP contribution in [0.3, 0.4) is 0 Å². The van der Waals surface area contributed by atoms with E-state index in [-0.39, 0.29) is 0 Å². The fourth-order valence-corrected chi connectivity index (χ4v) is 0.849. The Kier molecular flexibility index (Phi) is 2.21. The molecule has 0 radical (unpaired) electrons. The Labute approximate surface area is 66.0 Å². The number of nitrogens with zero attached hydrogens (tertiary/aromatic N) is 2. The summed E-state index contributed by atoms with van der Waals surface area (Å²) < 4.78 is 0. The molecule has 3 nitrogen and oxygen atoms in total. The molecular weight excluding hydrogens is 138 g/mol. The molecule has 0 aliphatic carbocycles. The predicted octanol–water partition coefficient (Wildman–Crippen LogP) is 1.69. The SMILES string of the molecule is CC=Nc1ccc(N)nc1C. The van der Waals surface area contributed by atoms with Crippen LogP contribution in [-0.2, 0) is 0 Å². The van der Waals surface area contributed by atoms with E-state index in [9.17, 15) is 0 Å². The molecule has 0 aromatic carbocycles. The average molecular weight is 149 g/mol. The van der Waals surface area contributed by atoms with E-state index >= 15 is 0 Å². The lowest BCUT2D eigenvalue weighted by atomic mass is 10.3. The first-order chi connectivity index (χ1) is 5.24. The molecule has 2 N–H and O–H groups in total. The summed E-state index contributed by atoms with van der Waals surface area (Å²) in [6.45, 7) is 3.76. The van der Waals surface area contributed by atoms with Crippen molar-refractivity contribution in [3.8, 4) is 0 Å². The van der Waals surface area contributed by atoms with Crippen molar-refractivity contribution in [1.29, 1.82) is 0 Å². The zero-order valence-electron chi connectivity index (χ0n) is 6.70. The minimum absolute atomic E-state index is 0.539. The second-order valence-electron chi connectivity index (χ2n) is 2.23. The lowest BCUT2D eigenvalue weighted by Gasteiger charge is -1.98. The van der Waals surface area contributed by atoms with Crippen LogP contribution in [0, 0.1) is 6.92 Å². The molecule has 1 aromatic heterocycles. The highest BCUT2D eigenvalue weighted by Crippen LogP contribution is 2.16. The van der Waals surface area contributed by atoms with Crippen molar-refractivity contribution in [2.75, 3.05) is 5.73 Å². The van der Waals surface area contributed by atoms with Crippen LogP contribution < -0.4 is 5.73 Å². The fraction of sp³-hybridized carbons (Fsp3) is 0.250. The molecule has 3 heteroatoms. The number of aromatic nitrogens is 1. The summed E-state index contributed by atoms with van der Waals surface area (Å²) in [7, 11) is 0. The van der Waals surface area contributed by atoms with E-state index < -0.39 is 0 Å². The van der Waals surface area contributed by atoms with Crippen molar-refractivity contribution in [3.05, 3.63) is 17.8 Å². The van der Waals surface area contributed by atoms with Crippen molar-refractivity contribution < 1.29 is 0 Å². The molecule has 0 bridgehead atoms. The minimum Gasteiger partial charge on any atom is -0.384 e. The van der Waals surface area contributed by atoms with E-state index in [2.05, 4.69) is 9.98 Å². The second kappa shape index (κ2) is 3.14. The van der Waals surface area contributed by atoms with Crippen LogP contribution in [0.4, 0.5) is 11.5 Å². The van der Waals surface area contributed by atoms with Crippen molar-refractivity contribution in [2.24, 2.45) is 4.99 Å². The van der Waals surface area contributed by atoms with E-state index in [0.717, 1.165) is 11.4 Å². The van der Waals surface area contributed by atoms with Gasteiger partial charge in [-0.15, -0.1) is 0 Å². The van der Waals surface area contributed by atoms with Gasteiger partial charge in [-0.1, -0.05) is 0 Å². The third-order valence-electron chi connectivity index (χ3n) is 1.35. The highest BCUT2D eigenvalue weighted by Gasteiger charge is 1.95. The van der Waals surface area contributed by atoms with Gasteiger partial charge < -0.3 is 5.73 Å². The Bertz CT molecular complexity index is 279. The van der Waals surface area contributed by atoms with Gasteiger partial charge in [0, 0.05) is 6.21 Å². The Balaban J connectivity index is 3.09. The molecule has 0 amide bonds. The molecule has 0 aliphatic heterocycles. The summed E-state index contributed by atoms with van der Waals surface area (Å²) in [5, 5.41) is 0. The molecule has 0 aliphatic rings. The van der Waals surface area contributed by atoms with Crippen LogP contribution in [0.5, 0.6) is 0 Å². The zero-order chi connectivity index (χ0) is 8.27. The van der Waals surface area contributed by atoms with Gasteiger partial charge in [0.1, 0.15) is 5.82 Å². The van der Waals surface area contributed by atoms with Crippen LogP contribution >= 0.6 is 0 Å². The van der Waals surface area contributed by atoms with Crippen molar-refractivity contribution in [2.45, 2.75) is 13.8 Å². The summed E-state index contributed by atoms with van der Waals surface area (Å²) in [5.41, 5.74) is 7.20. The van der Waals surface area contributed by atoms with E-state index in [4.69, 9.17) is 5.73 Å². The molecule has 0 unspecified atom stereocenters. The number of pyridine rings is 1. The third kappa shape index (κ3) is 1.77. The van der Waals surface area contributed by atoms with Crippen molar-refractivity contribution in [1.82, 2.24) is 4.98 Å². The molecule has 0 spiro atoms. The van der Waals surface area contributed by atoms with Crippen LogP contribution in [-0.4, -0.2) is 11.2 Å². The lowest BCUT2D eigenvalue weighted by molar-refractivity contribution is 1.20. The number of hydrogen-bond acceptors (Lipinski definition) is 3. The molecule has 0 saturated carbocycles. The molecule has 0 atom stereocenters. The van der Waals surface area contributed by atoms with Crippen molar-refractivity contribution in [3.63, 3.8) is 0 Å². The van der Waals surface area contributed by atoms with Gasteiger partial charge in [0.25, 0.3) is 0 Å². The predicted molar refractivity (Wildman–Crippen MR) is 47.2 cm³/mol. The summed E-state index contributed by atoms with van der Waals surface area (Å²) in [4.78, 5) is 8.16. The van der Waals surface area contributed by atoms with Gasteiger partial charge in [-0.2, -0.15) is 0 Å². The summed E-state index contributed by atoms with van der Waals surface area (Å²) in [5.74, 6) is 0.539. The average Bonchev–Trinajstić information content (AvgIpc) is 1.95. The van der Waals surface area contributed by atoms with E-state index in [1.807, 2.05) is 19.9 Å². The first kappa shape index (κ1) is 7.72. The molecule has 0 saturated heterocycles. The quantitative estimate of drug-likeness (QED) is 0.618. The number of nitrogens with two attached hydrogens (primary N) is 1. The first-order valence-electron chi connectivity index (χ1n) is 3.46. The standard InChI is InChI=1S/C8H11N3/c1-3-10-7-4-5-8(9)11-6(7)2/h3-5H,1-2H3,(H2,9,11). The molecule has 1 rings (SSSR count). The summed E-state index contributed by atoms with van der Waals surface area (Å²) in [6, 6.07) is 3.60. The number of aryl methyl sites for hydroxylation is 1. The number of aliphatic imine (C=N–C) groups is 1. The summed E-state index contributed by atoms with van der Waals surface area (Å²) >= 11 is 0. The molecule has 1 heterocycles. The van der Waals surface area contributed by atoms with Gasteiger partial charge >= 0.3 is 0 Å². The smallest absolute Gasteiger partial charge is 0.123 e. The fourth-order valence-electron chi connectivity index (χ4n) is 0.849. The Morgan fingerprint density at radius 1 is 1.55 bits per heavy atom. The number of nitrogen functional groups attached to an aromatic ring is 1. The second-order valence-corrected chi connectivity index (χ2v) is 2.23. The summed E-state index contributed by atoms with van der Waals surface area (Å²) in [6.07, 6.45) is 1.74. The van der Waals surface area contributed by atoms with E-state index in [0.29, 0.717) is 5.82 Å². The van der Waals surface area contributed by atoms with Crippen LogP contribution in [0.25, 0.3) is 0 Å². The number of anilines is 1. The molecule has 58 valence electrons. The topological polar surface area (TPSA) is 51.3 Å². The monoisotopic (exact) mass is 149 g/mol. The van der Waals surface area contributed by atoms with Crippen LogP contribution in [0.1, 0.15) is 12.6 Å². The maximum Gasteiger partial charge on any atom is 0.123 e. The van der Waals surface area contributed by atoms with Crippen molar-refractivity contribution >= 4 is 17.7 Å².